The van der Waals surface area contributed by atoms with Crippen LogP contribution in [0.15, 0.2) is 97.2 Å². The maximum atomic E-state index is 12.6. The molecule has 5 N–H and O–H groups in total. The standard InChI is InChI=1S/C38H63N2O6P/c1-3-5-7-9-11-13-15-17-18-20-22-24-26-28-30-32-38(42)40-36(35-46-47(43,44)45-34-33-39)37(41)31-29-27-25-23-21-19-16-14-12-10-8-6-4-2/h5,7,11-14,17-18,21-24,28-31,36-37,41H,3-4,6,8-10,15-16,19-20,25-27,32-35,39H2,1-2H3,(H,40,42)(H,43,44)/b7-5-,13-11-,14-12+,18-17-,23-21+,24-22-,30-28-,31-29+. The highest BCUT2D eigenvalue weighted by Gasteiger charge is 2.26. The molecule has 0 aliphatic heterocycles. The summed E-state index contributed by atoms with van der Waals surface area (Å²) < 4.78 is 21.9. The number of aliphatic hydroxyl groups is 1. The maximum Gasteiger partial charge on any atom is 0.472 e. The minimum Gasteiger partial charge on any atom is -0.387 e. The molecule has 0 aliphatic rings. The fourth-order valence-corrected chi connectivity index (χ4v) is 4.81. The Morgan fingerprint density at radius 3 is 1.77 bits per heavy atom. The first-order valence-electron chi connectivity index (χ1n) is 17.4. The molecule has 9 heteroatoms. The molecule has 3 unspecified atom stereocenters. The smallest absolute Gasteiger partial charge is 0.387 e. The first-order chi connectivity index (χ1) is 22.9. The number of nitrogens with two attached hydrogens (primary N) is 1. The summed E-state index contributed by atoms with van der Waals surface area (Å²) >= 11 is 0. The van der Waals surface area contributed by atoms with Gasteiger partial charge in [-0.05, 0) is 70.6 Å². The molecule has 0 fully saturated rings. The highest BCUT2D eigenvalue weighted by Crippen LogP contribution is 2.43. The predicted octanol–water partition coefficient (Wildman–Crippen LogP) is 8.88. The molecule has 0 saturated heterocycles. The number of allylic oxidation sites excluding steroid dienone is 14. The van der Waals surface area contributed by atoms with Crippen LogP contribution < -0.4 is 11.1 Å². The van der Waals surface area contributed by atoms with E-state index in [1.807, 2.05) is 18.2 Å². The lowest BCUT2D eigenvalue weighted by atomic mass is 10.1. The number of amides is 1. The van der Waals surface area contributed by atoms with Crippen molar-refractivity contribution in [2.24, 2.45) is 5.73 Å². The fraction of sp³-hybridized carbons (Fsp3) is 0.553. The summed E-state index contributed by atoms with van der Waals surface area (Å²) in [6.45, 7) is 3.83. The summed E-state index contributed by atoms with van der Waals surface area (Å²) in [5.41, 5.74) is 5.33. The van der Waals surface area contributed by atoms with Crippen LogP contribution in [0.5, 0.6) is 0 Å². The van der Waals surface area contributed by atoms with Gasteiger partial charge in [0.05, 0.1) is 25.4 Å². The van der Waals surface area contributed by atoms with Gasteiger partial charge in [0.15, 0.2) is 0 Å². The van der Waals surface area contributed by atoms with Crippen molar-refractivity contribution in [3.63, 3.8) is 0 Å². The first-order valence-corrected chi connectivity index (χ1v) is 18.9. The lowest BCUT2D eigenvalue weighted by molar-refractivity contribution is -0.122. The average molecular weight is 675 g/mol. The number of rotatable bonds is 30. The number of phosphoric ester groups is 1. The Morgan fingerprint density at radius 2 is 1.23 bits per heavy atom. The van der Waals surface area contributed by atoms with Crippen LogP contribution in [0.25, 0.3) is 0 Å². The van der Waals surface area contributed by atoms with E-state index < -0.39 is 26.6 Å². The van der Waals surface area contributed by atoms with E-state index in [9.17, 15) is 19.4 Å². The van der Waals surface area contributed by atoms with Gasteiger partial charge in [0.2, 0.25) is 5.91 Å². The highest BCUT2D eigenvalue weighted by molar-refractivity contribution is 7.47. The third-order valence-corrected chi connectivity index (χ3v) is 7.63. The van der Waals surface area contributed by atoms with Crippen molar-refractivity contribution in [1.82, 2.24) is 5.32 Å². The molecule has 0 bridgehead atoms. The second-order valence-electron chi connectivity index (χ2n) is 11.0. The quantitative estimate of drug-likeness (QED) is 0.0340. The Balaban J connectivity index is 4.65. The molecule has 47 heavy (non-hydrogen) atoms. The van der Waals surface area contributed by atoms with Crippen LogP contribution in [0, 0.1) is 0 Å². The first kappa shape index (κ1) is 44.4. The third kappa shape index (κ3) is 31.8. The van der Waals surface area contributed by atoms with E-state index in [4.69, 9.17) is 14.8 Å². The van der Waals surface area contributed by atoms with Gasteiger partial charge in [-0.2, -0.15) is 0 Å². The fourth-order valence-electron chi connectivity index (χ4n) is 4.05. The minimum atomic E-state index is -4.37. The molecule has 1 amide bonds. The molecule has 0 spiro atoms. The highest BCUT2D eigenvalue weighted by atomic mass is 31.2. The lowest BCUT2D eigenvalue weighted by Crippen LogP contribution is -2.45. The Hall–Kier alpha value is -2.58. The van der Waals surface area contributed by atoms with Crippen LogP contribution in [0.4, 0.5) is 0 Å². The molecule has 0 heterocycles. The topological polar surface area (TPSA) is 131 Å². The van der Waals surface area contributed by atoms with Crippen LogP contribution in [-0.4, -0.2) is 47.8 Å². The maximum absolute atomic E-state index is 12.6. The Bertz CT molecular complexity index is 1040. The van der Waals surface area contributed by atoms with E-state index in [1.54, 1.807) is 12.2 Å². The number of hydrogen-bond donors (Lipinski definition) is 4. The zero-order chi connectivity index (χ0) is 34.7. The van der Waals surface area contributed by atoms with Crippen LogP contribution in [0.3, 0.4) is 0 Å². The van der Waals surface area contributed by atoms with Gasteiger partial charge in [-0.25, -0.2) is 4.57 Å². The third-order valence-electron chi connectivity index (χ3n) is 6.65. The second-order valence-corrected chi connectivity index (χ2v) is 12.4. The number of nitrogens with one attached hydrogen (secondary N) is 1. The Kier molecular flexibility index (Phi) is 31.5. The van der Waals surface area contributed by atoms with E-state index >= 15 is 0 Å². The summed E-state index contributed by atoms with van der Waals surface area (Å²) in [5, 5.41) is 13.4. The number of phosphoric acid groups is 1. The van der Waals surface area contributed by atoms with Gasteiger partial charge in [0.1, 0.15) is 0 Å². The van der Waals surface area contributed by atoms with Gasteiger partial charge >= 0.3 is 7.82 Å². The molecular weight excluding hydrogens is 611 g/mol. The molecule has 8 nitrogen and oxygen atoms in total. The van der Waals surface area contributed by atoms with Crippen molar-refractivity contribution < 1.29 is 28.4 Å². The van der Waals surface area contributed by atoms with Crippen molar-refractivity contribution in [2.75, 3.05) is 19.8 Å². The zero-order valence-corrected chi connectivity index (χ0v) is 29.9. The molecule has 0 saturated carbocycles. The number of hydrogen-bond acceptors (Lipinski definition) is 6. The predicted molar refractivity (Wildman–Crippen MR) is 198 cm³/mol. The monoisotopic (exact) mass is 674 g/mol. The average Bonchev–Trinajstić information content (AvgIpc) is 3.05. The zero-order valence-electron chi connectivity index (χ0n) is 29.0. The van der Waals surface area contributed by atoms with E-state index in [0.29, 0.717) is 12.8 Å². The van der Waals surface area contributed by atoms with Crippen molar-refractivity contribution in [1.29, 1.82) is 0 Å². The summed E-state index contributed by atoms with van der Waals surface area (Å²) in [6, 6.07) is -0.942. The molecule has 0 aliphatic carbocycles. The molecule has 0 rings (SSSR count). The number of carbonyl (C=O) groups excluding carboxylic acids is 1. The van der Waals surface area contributed by atoms with Gasteiger partial charge in [-0.1, -0.05) is 124 Å². The minimum absolute atomic E-state index is 0.0525. The number of aliphatic hydroxyl groups excluding tert-OH is 1. The van der Waals surface area contributed by atoms with Crippen LogP contribution in [0.2, 0.25) is 0 Å². The summed E-state index contributed by atoms with van der Waals surface area (Å²) in [5.74, 6) is -0.342. The van der Waals surface area contributed by atoms with Crippen LogP contribution in [0.1, 0.15) is 104 Å². The normalized spacial score (nSPS) is 15.6. The largest absolute Gasteiger partial charge is 0.472 e. The molecule has 0 radical (unpaired) electrons. The van der Waals surface area contributed by atoms with Gasteiger partial charge < -0.3 is 21.1 Å². The number of unbranched alkanes of at least 4 members (excludes halogenated alkanes) is 5. The van der Waals surface area contributed by atoms with E-state index in [0.717, 1.165) is 51.4 Å². The summed E-state index contributed by atoms with van der Waals surface area (Å²) in [6.07, 6.45) is 44.8. The molecular formula is C38H63N2O6P. The molecule has 0 aromatic heterocycles. The molecule has 3 atom stereocenters. The molecule has 266 valence electrons. The lowest BCUT2D eigenvalue weighted by Gasteiger charge is -2.23. The van der Waals surface area contributed by atoms with Crippen molar-refractivity contribution >= 4 is 13.7 Å². The second kappa shape index (κ2) is 33.3. The summed E-state index contributed by atoms with van der Waals surface area (Å²) in [4.78, 5) is 22.5. The summed E-state index contributed by atoms with van der Waals surface area (Å²) in [7, 11) is -4.37. The van der Waals surface area contributed by atoms with Crippen LogP contribution >= 0.6 is 7.82 Å². The number of carbonyl (C=O) groups is 1. The van der Waals surface area contributed by atoms with E-state index in [-0.39, 0.29) is 25.5 Å². The van der Waals surface area contributed by atoms with Crippen molar-refractivity contribution in [3.8, 4) is 0 Å². The van der Waals surface area contributed by atoms with Gasteiger partial charge in [0.25, 0.3) is 0 Å². The van der Waals surface area contributed by atoms with E-state index in [2.05, 4.69) is 86.0 Å². The van der Waals surface area contributed by atoms with E-state index in [1.165, 1.54) is 19.3 Å². The van der Waals surface area contributed by atoms with Gasteiger partial charge in [0, 0.05) is 13.0 Å². The van der Waals surface area contributed by atoms with Gasteiger partial charge in [-0.3, -0.25) is 13.8 Å². The Morgan fingerprint density at radius 1 is 0.723 bits per heavy atom. The van der Waals surface area contributed by atoms with Crippen molar-refractivity contribution in [2.45, 2.75) is 116 Å². The molecule has 0 aromatic carbocycles. The molecule has 0 aromatic rings. The van der Waals surface area contributed by atoms with Crippen LogP contribution in [-0.2, 0) is 18.4 Å². The Labute approximate surface area is 285 Å². The van der Waals surface area contributed by atoms with Gasteiger partial charge in [-0.15, -0.1) is 0 Å². The van der Waals surface area contributed by atoms with Crippen molar-refractivity contribution in [3.05, 3.63) is 97.2 Å². The SMILES string of the molecule is CC/C=C\C/C=C\C/C=C\C/C=C\C/C=C\CC(=O)NC(COP(=O)(O)OCCN)C(O)/C=C/CC/C=C/CC/C=C/CCCCC.